The lowest BCUT2D eigenvalue weighted by atomic mass is 10.2. The Hall–Kier alpha value is -3.40. The van der Waals surface area contributed by atoms with Crippen LogP contribution in [-0.2, 0) is 9.53 Å². The van der Waals surface area contributed by atoms with Crippen LogP contribution in [0.3, 0.4) is 0 Å². The van der Waals surface area contributed by atoms with Crippen molar-refractivity contribution in [1.29, 1.82) is 0 Å². The molecule has 11 heteroatoms. The van der Waals surface area contributed by atoms with E-state index in [9.17, 15) is 23.2 Å². The third kappa shape index (κ3) is 5.11. The van der Waals surface area contributed by atoms with Crippen molar-refractivity contribution in [3.05, 3.63) is 52.6 Å². The highest BCUT2D eigenvalue weighted by Crippen LogP contribution is 2.32. The molecule has 0 bridgehead atoms. The normalized spacial score (nSPS) is 12.1. The van der Waals surface area contributed by atoms with E-state index in [1.54, 1.807) is 12.1 Å². The maximum absolute atomic E-state index is 13.2. The number of imide groups is 1. The van der Waals surface area contributed by atoms with E-state index in [0.29, 0.717) is 42.5 Å². The number of carbonyl (C=O) groups is 3. The minimum absolute atomic E-state index is 0.338. The summed E-state index contributed by atoms with van der Waals surface area (Å²) < 4.78 is 41.6. The summed E-state index contributed by atoms with van der Waals surface area (Å²) >= 11 is 5.65. The predicted molar refractivity (Wildman–Crippen MR) is 96.2 cm³/mol. The number of hydrogen-bond acceptors (Lipinski definition) is 6. The van der Waals surface area contributed by atoms with Gasteiger partial charge >= 0.3 is 12.0 Å². The fraction of sp³-hybridized carbons (Fsp3) is 0.167. The van der Waals surface area contributed by atoms with Crippen LogP contribution >= 0.6 is 11.6 Å². The molecule has 2 aromatic rings. The van der Waals surface area contributed by atoms with Crippen LogP contribution in [0.1, 0.15) is 10.4 Å². The van der Waals surface area contributed by atoms with Crippen molar-refractivity contribution >= 4 is 35.2 Å². The first-order valence-corrected chi connectivity index (χ1v) is 8.53. The highest BCUT2D eigenvalue weighted by atomic mass is 35.5. The average Bonchev–Trinajstić information content (AvgIpc) is 2.68. The molecule has 2 aromatic carbocycles. The van der Waals surface area contributed by atoms with Crippen LogP contribution in [0.15, 0.2) is 30.3 Å². The Bertz CT molecular complexity index is 985. The molecule has 0 aliphatic carbocycles. The van der Waals surface area contributed by atoms with Gasteiger partial charge in [0.15, 0.2) is 29.7 Å². The van der Waals surface area contributed by atoms with Gasteiger partial charge in [0.1, 0.15) is 13.2 Å². The summed E-state index contributed by atoms with van der Waals surface area (Å²) in [5.41, 5.74) is -0.121. The van der Waals surface area contributed by atoms with Gasteiger partial charge in [-0.3, -0.25) is 10.1 Å². The van der Waals surface area contributed by atoms with E-state index in [-0.39, 0.29) is 5.02 Å². The lowest BCUT2D eigenvalue weighted by Crippen LogP contribution is -2.37. The first-order chi connectivity index (χ1) is 13.8. The van der Waals surface area contributed by atoms with Crippen molar-refractivity contribution in [2.45, 2.75) is 0 Å². The number of esters is 1. The molecule has 0 fully saturated rings. The Morgan fingerprint density at radius 1 is 1.03 bits per heavy atom. The minimum Gasteiger partial charge on any atom is -0.486 e. The summed E-state index contributed by atoms with van der Waals surface area (Å²) in [5.74, 6) is -3.67. The second-order valence-electron chi connectivity index (χ2n) is 5.68. The average molecular weight is 427 g/mol. The molecule has 152 valence electrons. The van der Waals surface area contributed by atoms with Crippen LogP contribution in [0.5, 0.6) is 11.5 Å². The molecule has 0 unspecified atom stereocenters. The zero-order chi connectivity index (χ0) is 21.0. The topological polar surface area (TPSA) is 103 Å². The number of anilines is 1. The number of fused-ring (bicyclic) bond motifs is 1. The zero-order valence-corrected chi connectivity index (χ0v) is 15.3. The molecule has 0 saturated heterocycles. The second-order valence-corrected chi connectivity index (χ2v) is 6.09. The quantitative estimate of drug-likeness (QED) is 0.575. The molecule has 1 aliphatic rings. The highest BCUT2D eigenvalue weighted by Gasteiger charge is 2.18. The fourth-order valence-corrected chi connectivity index (χ4v) is 2.56. The van der Waals surface area contributed by atoms with Gasteiger partial charge in [0.05, 0.1) is 10.6 Å². The number of benzene rings is 2. The molecule has 3 amide bonds. The summed E-state index contributed by atoms with van der Waals surface area (Å²) in [5, 5.41) is 3.97. The van der Waals surface area contributed by atoms with Crippen molar-refractivity contribution < 1.29 is 37.4 Å². The van der Waals surface area contributed by atoms with E-state index >= 15 is 0 Å². The number of hydrogen-bond donors (Lipinski definition) is 2. The van der Waals surface area contributed by atoms with Crippen LogP contribution < -0.4 is 20.1 Å². The van der Waals surface area contributed by atoms with Crippen molar-refractivity contribution in [3.8, 4) is 11.5 Å². The molecular weight excluding hydrogens is 414 g/mol. The molecule has 2 N–H and O–H groups in total. The summed E-state index contributed by atoms with van der Waals surface area (Å²) in [6, 6.07) is 4.93. The standard InChI is InChI=1S/C18H13ClF2N2O6/c19-11-7-13(21)12(20)6-10(11)17(25)29-8-16(24)23-18(26)22-9-1-2-14-15(5-9)28-4-3-27-14/h1-2,5-7H,3-4,8H2,(H2,22,23,24,26). The van der Waals surface area contributed by atoms with E-state index in [4.69, 9.17) is 21.1 Å². The molecule has 0 spiro atoms. The molecule has 1 aliphatic heterocycles. The SMILES string of the molecule is O=C(COC(=O)c1cc(F)c(F)cc1Cl)NC(=O)Nc1ccc2c(c1)OCCO2. The molecule has 0 atom stereocenters. The number of urea groups is 1. The maximum Gasteiger partial charge on any atom is 0.340 e. The monoisotopic (exact) mass is 426 g/mol. The molecule has 8 nitrogen and oxygen atoms in total. The van der Waals surface area contributed by atoms with Crippen molar-refractivity contribution in [2.75, 3.05) is 25.1 Å². The van der Waals surface area contributed by atoms with Gasteiger partial charge < -0.3 is 19.5 Å². The Kier molecular flexibility index (Phi) is 6.13. The van der Waals surface area contributed by atoms with Gasteiger partial charge in [-0.1, -0.05) is 11.6 Å². The number of nitrogens with one attached hydrogen (secondary N) is 2. The molecule has 29 heavy (non-hydrogen) atoms. The number of ether oxygens (including phenoxy) is 3. The van der Waals surface area contributed by atoms with E-state index < -0.39 is 41.7 Å². The third-order valence-electron chi connectivity index (χ3n) is 3.62. The van der Waals surface area contributed by atoms with Gasteiger partial charge in [-0.15, -0.1) is 0 Å². The second kappa shape index (κ2) is 8.74. The van der Waals surface area contributed by atoms with E-state index in [0.717, 1.165) is 0 Å². The highest BCUT2D eigenvalue weighted by molar-refractivity contribution is 6.33. The summed E-state index contributed by atoms with van der Waals surface area (Å²) in [4.78, 5) is 35.5. The van der Waals surface area contributed by atoms with Gasteiger partial charge in [0, 0.05) is 11.8 Å². The van der Waals surface area contributed by atoms with Crippen LogP contribution in [0.2, 0.25) is 5.02 Å². The van der Waals surface area contributed by atoms with Crippen LogP contribution in [-0.4, -0.2) is 37.7 Å². The Morgan fingerprint density at radius 2 is 1.72 bits per heavy atom. The lowest BCUT2D eigenvalue weighted by molar-refractivity contribution is -0.123. The number of amides is 3. The van der Waals surface area contributed by atoms with Gasteiger partial charge in [0.25, 0.3) is 5.91 Å². The Labute approximate surface area is 167 Å². The van der Waals surface area contributed by atoms with Gasteiger partial charge in [-0.05, 0) is 24.3 Å². The van der Waals surface area contributed by atoms with Crippen LogP contribution in [0.25, 0.3) is 0 Å². The van der Waals surface area contributed by atoms with E-state index in [2.05, 4.69) is 10.1 Å². The molecule has 0 radical (unpaired) electrons. The summed E-state index contributed by atoms with van der Waals surface area (Å²) in [6.07, 6.45) is 0. The minimum atomic E-state index is -1.30. The smallest absolute Gasteiger partial charge is 0.340 e. The van der Waals surface area contributed by atoms with E-state index in [1.165, 1.54) is 6.07 Å². The third-order valence-corrected chi connectivity index (χ3v) is 3.93. The molecule has 1 heterocycles. The Balaban J connectivity index is 1.51. The first-order valence-electron chi connectivity index (χ1n) is 8.15. The van der Waals surface area contributed by atoms with Gasteiger partial charge in [-0.2, -0.15) is 0 Å². The predicted octanol–water partition coefficient (Wildman–Crippen LogP) is 2.89. The molecular formula is C18H13ClF2N2O6. The Morgan fingerprint density at radius 3 is 2.48 bits per heavy atom. The molecule has 3 rings (SSSR count). The molecule has 0 aromatic heterocycles. The maximum atomic E-state index is 13.2. The van der Waals surface area contributed by atoms with Crippen LogP contribution in [0.4, 0.5) is 19.3 Å². The van der Waals surface area contributed by atoms with Crippen LogP contribution in [0, 0.1) is 11.6 Å². The number of halogens is 3. The fourth-order valence-electron chi connectivity index (χ4n) is 2.33. The van der Waals surface area contributed by atoms with Crippen molar-refractivity contribution in [1.82, 2.24) is 5.32 Å². The van der Waals surface area contributed by atoms with Gasteiger partial charge in [-0.25, -0.2) is 18.4 Å². The first kappa shape index (κ1) is 20.3. The van der Waals surface area contributed by atoms with Gasteiger partial charge in [0.2, 0.25) is 0 Å². The van der Waals surface area contributed by atoms with E-state index in [1.807, 2.05) is 5.32 Å². The number of rotatable bonds is 4. The summed E-state index contributed by atoms with van der Waals surface area (Å²) in [6.45, 7) is -0.0551. The zero-order valence-electron chi connectivity index (χ0n) is 14.6. The number of carbonyl (C=O) groups excluding carboxylic acids is 3. The largest absolute Gasteiger partial charge is 0.486 e. The van der Waals surface area contributed by atoms with Crippen molar-refractivity contribution in [3.63, 3.8) is 0 Å². The lowest BCUT2D eigenvalue weighted by Gasteiger charge is -2.19. The van der Waals surface area contributed by atoms with Crippen molar-refractivity contribution in [2.24, 2.45) is 0 Å². The molecule has 0 saturated carbocycles. The summed E-state index contributed by atoms with van der Waals surface area (Å²) in [7, 11) is 0.